The van der Waals surface area contributed by atoms with Gasteiger partial charge in [0.05, 0.1) is 0 Å². The SMILES string of the molecule is CC(C)(C)c1ccc(N(c2ccccc2)c2ccc3cc4c(cc3c2)-c2cc3c(-c5ccccc5)c5ccccc5c(-c5ccccc5)c3cc2-4)cc1. The molecule has 0 saturated heterocycles. The van der Waals surface area contributed by atoms with Gasteiger partial charge in [0.1, 0.15) is 0 Å². The van der Waals surface area contributed by atoms with Crippen LogP contribution in [0.5, 0.6) is 0 Å². The number of benzene rings is 9. The molecule has 0 atom stereocenters. The normalized spacial score (nSPS) is 12.1. The second-order valence-corrected chi connectivity index (χ2v) is 15.4. The van der Waals surface area contributed by atoms with Gasteiger partial charge >= 0.3 is 0 Å². The van der Waals surface area contributed by atoms with E-state index in [1.807, 2.05) is 0 Å². The van der Waals surface area contributed by atoms with Crippen molar-refractivity contribution in [3.05, 3.63) is 188 Å². The first-order valence-corrected chi connectivity index (χ1v) is 18.6. The van der Waals surface area contributed by atoms with E-state index in [4.69, 9.17) is 0 Å². The Morgan fingerprint density at radius 3 is 1.30 bits per heavy atom. The van der Waals surface area contributed by atoms with E-state index in [-0.39, 0.29) is 5.41 Å². The number of fused-ring (bicyclic) bond motifs is 7. The van der Waals surface area contributed by atoms with Gasteiger partial charge in [-0.3, -0.25) is 0 Å². The summed E-state index contributed by atoms with van der Waals surface area (Å²) in [6, 6.07) is 67.2. The van der Waals surface area contributed by atoms with Crippen LogP contribution >= 0.6 is 0 Å². The highest BCUT2D eigenvalue weighted by Gasteiger charge is 2.27. The summed E-state index contributed by atoms with van der Waals surface area (Å²) in [6.45, 7) is 6.80. The molecule has 0 aliphatic heterocycles. The topological polar surface area (TPSA) is 3.24 Å². The molecule has 0 spiro atoms. The van der Waals surface area contributed by atoms with Crippen LogP contribution in [0.3, 0.4) is 0 Å². The minimum atomic E-state index is 0.0978. The molecule has 0 aromatic heterocycles. The molecule has 0 amide bonds. The summed E-state index contributed by atoms with van der Waals surface area (Å²) < 4.78 is 0. The predicted molar refractivity (Wildman–Crippen MR) is 228 cm³/mol. The Hall–Kier alpha value is -6.44. The lowest BCUT2D eigenvalue weighted by molar-refractivity contribution is 0.590. The van der Waals surface area contributed by atoms with Crippen molar-refractivity contribution < 1.29 is 0 Å². The summed E-state index contributed by atoms with van der Waals surface area (Å²) >= 11 is 0. The van der Waals surface area contributed by atoms with E-state index in [9.17, 15) is 0 Å². The van der Waals surface area contributed by atoms with Crippen molar-refractivity contribution in [2.75, 3.05) is 4.90 Å². The minimum absolute atomic E-state index is 0.0978. The first kappa shape index (κ1) is 31.3. The van der Waals surface area contributed by atoms with Crippen molar-refractivity contribution in [2.45, 2.75) is 26.2 Å². The monoisotopic (exact) mass is 677 g/mol. The number of anilines is 3. The molecule has 252 valence electrons. The van der Waals surface area contributed by atoms with Crippen molar-refractivity contribution >= 4 is 49.4 Å². The van der Waals surface area contributed by atoms with Crippen molar-refractivity contribution in [3.8, 4) is 44.5 Å². The lowest BCUT2D eigenvalue weighted by Gasteiger charge is -2.29. The lowest BCUT2D eigenvalue weighted by Crippen LogP contribution is -2.13. The fourth-order valence-electron chi connectivity index (χ4n) is 8.44. The van der Waals surface area contributed by atoms with Crippen molar-refractivity contribution in [3.63, 3.8) is 0 Å². The van der Waals surface area contributed by atoms with E-state index in [0.717, 1.165) is 17.1 Å². The Balaban J connectivity index is 1.16. The zero-order valence-electron chi connectivity index (χ0n) is 30.3. The molecule has 0 bridgehead atoms. The van der Waals surface area contributed by atoms with Gasteiger partial charge in [0.25, 0.3) is 0 Å². The van der Waals surface area contributed by atoms with Gasteiger partial charge in [0.15, 0.2) is 0 Å². The first-order chi connectivity index (χ1) is 25.9. The molecular weight excluding hydrogens is 639 g/mol. The molecule has 53 heavy (non-hydrogen) atoms. The molecule has 10 rings (SSSR count). The van der Waals surface area contributed by atoms with Gasteiger partial charge in [0.2, 0.25) is 0 Å². The Bertz CT molecular complexity index is 2830. The third kappa shape index (κ3) is 5.15. The van der Waals surface area contributed by atoms with Gasteiger partial charge in [-0.05, 0) is 148 Å². The summed E-state index contributed by atoms with van der Waals surface area (Å²) in [5.74, 6) is 0. The number of hydrogen-bond acceptors (Lipinski definition) is 1. The van der Waals surface area contributed by atoms with E-state index in [1.54, 1.807) is 0 Å². The average Bonchev–Trinajstić information content (AvgIpc) is 3.19. The highest BCUT2D eigenvalue weighted by Crippen LogP contribution is 2.54. The van der Waals surface area contributed by atoms with Gasteiger partial charge in [-0.25, -0.2) is 0 Å². The van der Waals surface area contributed by atoms with Crippen LogP contribution in [0.25, 0.3) is 76.8 Å². The van der Waals surface area contributed by atoms with Crippen molar-refractivity contribution in [2.24, 2.45) is 0 Å². The minimum Gasteiger partial charge on any atom is -0.310 e. The Morgan fingerprint density at radius 1 is 0.340 bits per heavy atom. The first-order valence-electron chi connectivity index (χ1n) is 18.6. The molecule has 1 nitrogen and oxygen atoms in total. The smallest absolute Gasteiger partial charge is 0.0468 e. The summed E-state index contributed by atoms with van der Waals surface area (Å²) in [4.78, 5) is 2.37. The summed E-state index contributed by atoms with van der Waals surface area (Å²) in [7, 11) is 0. The number of rotatable bonds is 5. The van der Waals surface area contributed by atoms with Gasteiger partial charge in [0, 0.05) is 17.1 Å². The zero-order valence-corrected chi connectivity index (χ0v) is 30.3. The molecule has 1 aliphatic carbocycles. The summed E-state index contributed by atoms with van der Waals surface area (Å²) in [5.41, 5.74) is 15.3. The summed E-state index contributed by atoms with van der Waals surface area (Å²) in [6.07, 6.45) is 0. The average molecular weight is 678 g/mol. The van der Waals surface area contributed by atoms with E-state index >= 15 is 0 Å². The van der Waals surface area contributed by atoms with Gasteiger partial charge in [-0.2, -0.15) is 0 Å². The number of nitrogens with zero attached hydrogens (tertiary/aromatic N) is 1. The third-order valence-electron chi connectivity index (χ3n) is 11.1. The zero-order chi connectivity index (χ0) is 35.7. The second-order valence-electron chi connectivity index (χ2n) is 15.4. The quantitative estimate of drug-likeness (QED) is 0.164. The van der Waals surface area contributed by atoms with Gasteiger partial charge in [-0.15, -0.1) is 0 Å². The predicted octanol–water partition coefficient (Wildman–Crippen LogP) is 14.9. The highest BCUT2D eigenvalue weighted by molar-refractivity contribution is 6.24. The molecule has 1 aliphatic rings. The van der Waals surface area contributed by atoms with Crippen LogP contribution in [0.4, 0.5) is 17.1 Å². The largest absolute Gasteiger partial charge is 0.310 e. The maximum absolute atomic E-state index is 2.47. The fourth-order valence-corrected chi connectivity index (χ4v) is 8.44. The van der Waals surface area contributed by atoms with Crippen LogP contribution < -0.4 is 4.90 Å². The molecule has 9 aromatic carbocycles. The third-order valence-corrected chi connectivity index (χ3v) is 11.1. The molecule has 0 saturated carbocycles. The van der Waals surface area contributed by atoms with Crippen LogP contribution in [0.1, 0.15) is 26.3 Å². The Labute approximate surface area is 311 Å². The Kier molecular flexibility index (Phi) is 7.13. The van der Waals surface area contributed by atoms with E-state index in [1.165, 1.54) is 82.4 Å². The van der Waals surface area contributed by atoms with Crippen LogP contribution in [-0.2, 0) is 5.41 Å². The van der Waals surface area contributed by atoms with Crippen LogP contribution in [0.15, 0.2) is 182 Å². The van der Waals surface area contributed by atoms with E-state index in [0.29, 0.717) is 0 Å². The molecule has 0 fully saturated rings. The molecule has 0 radical (unpaired) electrons. The number of para-hydroxylation sites is 1. The number of hydrogen-bond donors (Lipinski definition) is 0. The van der Waals surface area contributed by atoms with Gasteiger partial charge < -0.3 is 4.90 Å². The molecule has 1 heteroatoms. The van der Waals surface area contributed by atoms with E-state index in [2.05, 4.69) is 208 Å². The fraction of sp³-hybridized carbons (Fsp3) is 0.0769. The molecule has 0 N–H and O–H groups in total. The van der Waals surface area contributed by atoms with Crippen LogP contribution in [0.2, 0.25) is 0 Å². The Morgan fingerprint density at radius 2 is 0.774 bits per heavy atom. The molecule has 0 unspecified atom stereocenters. The van der Waals surface area contributed by atoms with Crippen molar-refractivity contribution in [1.82, 2.24) is 0 Å². The standard InChI is InChI=1S/C52H39N/c1-52(2,3)38-24-27-40(28-25-38)53(39-19-11-6-12-20-39)41-26-23-36-30-44-45(31-37(36)29-41)47-33-49-48(32-46(44)47)50(34-15-7-4-8-16-34)42-21-13-14-22-43(42)51(49)35-17-9-5-10-18-35/h4-33H,1-3H3. The second kappa shape index (κ2) is 12.1. The van der Waals surface area contributed by atoms with Crippen LogP contribution in [-0.4, -0.2) is 0 Å². The van der Waals surface area contributed by atoms with Crippen LogP contribution in [0, 0.1) is 0 Å². The molecule has 9 aromatic rings. The van der Waals surface area contributed by atoms with Crippen molar-refractivity contribution in [1.29, 1.82) is 0 Å². The van der Waals surface area contributed by atoms with Gasteiger partial charge in [-0.1, -0.05) is 142 Å². The maximum atomic E-state index is 2.47. The maximum Gasteiger partial charge on any atom is 0.0468 e. The molecular formula is C52H39N. The highest BCUT2D eigenvalue weighted by atomic mass is 15.1. The lowest BCUT2D eigenvalue weighted by atomic mass is 9.75. The summed E-state index contributed by atoms with van der Waals surface area (Å²) in [5, 5.41) is 7.65. The molecule has 0 heterocycles. The van der Waals surface area contributed by atoms with E-state index < -0.39 is 0 Å².